The number of nitrogens with one attached hydrogen (secondary N) is 1. The highest BCUT2D eigenvalue weighted by Gasteiger charge is 2.57. The van der Waals surface area contributed by atoms with Crippen molar-refractivity contribution < 1.29 is 19.8 Å². The molecule has 0 spiro atoms. The van der Waals surface area contributed by atoms with E-state index in [-0.39, 0.29) is 18.6 Å². The van der Waals surface area contributed by atoms with Gasteiger partial charge in [0.05, 0.1) is 19.3 Å². The Morgan fingerprint density at radius 1 is 1.39 bits per heavy atom. The van der Waals surface area contributed by atoms with Gasteiger partial charge in [-0.05, 0) is 83.2 Å². The van der Waals surface area contributed by atoms with E-state index in [9.17, 15) is 15.0 Å². The smallest absolute Gasteiger partial charge is 0.240 e. The number of amides is 1. The zero-order chi connectivity index (χ0) is 22.5. The van der Waals surface area contributed by atoms with Gasteiger partial charge in [0.1, 0.15) is 12.1 Å². The van der Waals surface area contributed by atoms with Crippen molar-refractivity contribution in [1.29, 1.82) is 0 Å². The van der Waals surface area contributed by atoms with Crippen LogP contribution in [0.5, 0.6) is 0 Å². The van der Waals surface area contributed by atoms with E-state index in [0.717, 1.165) is 15.6 Å². The zero-order valence-electron chi connectivity index (χ0n) is 18.8. The molecule has 31 heavy (non-hydrogen) atoms. The molecule has 172 valence electrons. The van der Waals surface area contributed by atoms with Crippen LogP contribution in [0.3, 0.4) is 0 Å². The Morgan fingerprint density at radius 2 is 2.13 bits per heavy atom. The largest absolute Gasteiger partial charge is 0.394 e. The molecule has 1 aliphatic heterocycles. The lowest BCUT2D eigenvalue weighted by Crippen LogP contribution is -2.62. The van der Waals surface area contributed by atoms with Crippen LogP contribution in [-0.4, -0.2) is 52.1 Å². The van der Waals surface area contributed by atoms with Crippen molar-refractivity contribution in [2.75, 3.05) is 6.61 Å². The van der Waals surface area contributed by atoms with Crippen LogP contribution in [0.15, 0.2) is 24.3 Å². The standard InChI is InChI=1S/C24H35IN2O4/c1-13-18-9-16(24(18,3)4)10-19(13)26-23(30)22-21(14(2)29)20(12-28)31-27(22)11-15-6-5-7-17(25)8-15/h5-8,13-14,16,18-22,28-29H,9-12H2,1-4H3,(H,26,30)/t13-,14-,16+,18-,19-,20-,21?,22?/m0/s1. The van der Waals surface area contributed by atoms with E-state index in [4.69, 9.17) is 4.84 Å². The molecule has 1 heterocycles. The number of aliphatic hydroxyl groups is 2. The van der Waals surface area contributed by atoms with Gasteiger partial charge < -0.3 is 15.5 Å². The quantitative estimate of drug-likeness (QED) is 0.482. The van der Waals surface area contributed by atoms with Crippen molar-refractivity contribution >= 4 is 28.5 Å². The number of hydrogen-bond acceptors (Lipinski definition) is 5. The van der Waals surface area contributed by atoms with Crippen molar-refractivity contribution in [2.45, 2.75) is 71.4 Å². The molecule has 1 saturated heterocycles. The Bertz CT molecular complexity index is 817. The summed E-state index contributed by atoms with van der Waals surface area (Å²) in [5.74, 6) is 1.12. The fourth-order valence-corrected chi connectivity index (χ4v) is 6.91. The van der Waals surface area contributed by atoms with Crippen LogP contribution < -0.4 is 5.32 Å². The lowest BCUT2D eigenvalue weighted by atomic mass is 9.45. The minimum absolute atomic E-state index is 0.108. The number of hydroxylamine groups is 2. The maximum absolute atomic E-state index is 13.6. The third-order valence-electron chi connectivity index (χ3n) is 8.29. The lowest BCUT2D eigenvalue weighted by Gasteiger charge is -2.62. The van der Waals surface area contributed by atoms with Crippen LogP contribution in [0.1, 0.15) is 46.1 Å². The van der Waals surface area contributed by atoms with E-state index in [1.165, 1.54) is 6.42 Å². The van der Waals surface area contributed by atoms with Gasteiger partial charge in [-0.1, -0.05) is 32.9 Å². The van der Waals surface area contributed by atoms with Gasteiger partial charge >= 0.3 is 0 Å². The van der Waals surface area contributed by atoms with E-state index in [2.05, 4.69) is 54.7 Å². The molecule has 5 rings (SSSR count). The third kappa shape index (κ3) is 4.28. The molecule has 6 nitrogen and oxygen atoms in total. The second-order valence-corrected chi connectivity index (χ2v) is 11.6. The Kier molecular flexibility index (Phi) is 6.72. The third-order valence-corrected chi connectivity index (χ3v) is 8.96. The maximum Gasteiger partial charge on any atom is 0.240 e. The van der Waals surface area contributed by atoms with E-state index in [1.807, 2.05) is 18.2 Å². The monoisotopic (exact) mass is 542 g/mol. The molecular weight excluding hydrogens is 507 g/mol. The molecule has 0 radical (unpaired) electrons. The van der Waals surface area contributed by atoms with Gasteiger partial charge in [0.15, 0.2) is 0 Å². The van der Waals surface area contributed by atoms with E-state index < -0.39 is 24.2 Å². The predicted octanol–water partition coefficient (Wildman–Crippen LogP) is 2.95. The SMILES string of the molecule is C[C@@H]1[C@@H](NC(=O)C2C([C@H](C)O)[C@H](CO)ON2Cc2cccc(I)c2)C[C@H]2C[C@@H]1C2(C)C. The van der Waals surface area contributed by atoms with Crippen LogP contribution >= 0.6 is 22.6 Å². The fourth-order valence-electron chi connectivity index (χ4n) is 6.30. The minimum atomic E-state index is -0.773. The summed E-state index contributed by atoms with van der Waals surface area (Å²) < 4.78 is 1.11. The maximum atomic E-state index is 13.6. The highest BCUT2D eigenvalue weighted by Crippen LogP contribution is 2.61. The first-order valence-corrected chi connectivity index (χ1v) is 12.5. The first-order chi connectivity index (χ1) is 14.6. The summed E-state index contributed by atoms with van der Waals surface area (Å²) in [4.78, 5) is 19.6. The number of hydrogen-bond donors (Lipinski definition) is 3. The van der Waals surface area contributed by atoms with Gasteiger partial charge in [-0.25, -0.2) is 0 Å². The lowest BCUT2D eigenvalue weighted by molar-refractivity contribution is -0.183. The van der Waals surface area contributed by atoms with E-state index >= 15 is 0 Å². The first kappa shape index (κ1) is 23.4. The Labute approximate surface area is 198 Å². The second kappa shape index (κ2) is 8.89. The van der Waals surface area contributed by atoms with Crippen molar-refractivity contribution in [1.82, 2.24) is 10.4 Å². The number of halogens is 1. The van der Waals surface area contributed by atoms with E-state index in [1.54, 1.807) is 12.0 Å². The van der Waals surface area contributed by atoms with Gasteiger partial charge in [-0.3, -0.25) is 9.63 Å². The zero-order valence-corrected chi connectivity index (χ0v) is 21.0. The summed E-state index contributed by atoms with van der Waals surface area (Å²) >= 11 is 2.27. The average Bonchev–Trinajstić information content (AvgIpc) is 3.07. The Hall–Kier alpha value is -0.740. The van der Waals surface area contributed by atoms with E-state index in [0.29, 0.717) is 29.7 Å². The van der Waals surface area contributed by atoms with Gasteiger partial charge in [-0.2, -0.15) is 5.06 Å². The molecule has 1 aromatic carbocycles. The number of carbonyl (C=O) groups is 1. The summed E-state index contributed by atoms with van der Waals surface area (Å²) in [6.07, 6.45) is 0.887. The summed E-state index contributed by atoms with van der Waals surface area (Å²) in [5, 5.41) is 25.3. The topological polar surface area (TPSA) is 82.0 Å². The van der Waals surface area contributed by atoms with Crippen molar-refractivity contribution in [3.63, 3.8) is 0 Å². The average molecular weight is 542 g/mol. The van der Waals surface area contributed by atoms with Crippen molar-refractivity contribution in [2.24, 2.45) is 29.1 Å². The van der Waals surface area contributed by atoms with Crippen molar-refractivity contribution in [3.05, 3.63) is 33.4 Å². The molecule has 1 aromatic rings. The summed E-state index contributed by atoms with van der Waals surface area (Å²) in [5.41, 5.74) is 1.39. The van der Waals surface area contributed by atoms with Crippen LogP contribution in [0.2, 0.25) is 0 Å². The summed E-state index contributed by atoms with van der Waals surface area (Å²) in [6.45, 7) is 8.82. The number of fused-ring (bicyclic) bond motifs is 2. The van der Waals surface area contributed by atoms with Crippen LogP contribution in [0.25, 0.3) is 0 Å². The molecule has 3 N–H and O–H groups in total. The molecule has 7 heteroatoms. The Balaban J connectivity index is 1.53. The highest BCUT2D eigenvalue weighted by molar-refractivity contribution is 14.1. The second-order valence-electron chi connectivity index (χ2n) is 10.4. The molecule has 3 aliphatic carbocycles. The van der Waals surface area contributed by atoms with Crippen LogP contribution in [0, 0.1) is 32.7 Å². The molecule has 1 amide bonds. The molecule has 3 saturated carbocycles. The molecule has 4 aliphatic rings. The van der Waals surface area contributed by atoms with Crippen LogP contribution in [0.4, 0.5) is 0 Å². The minimum Gasteiger partial charge on any atom is -0.394 e. The van der Waals surface area contributed by atoms with Gasteiger partial charge in [0.2, 0.25) is 5.91 Å². The van der Waals surface area contributed by atoms with Gasteiger partial charge in [-0.15, -0.1) is 0 Å². The Morgan fingerprint density at radius 3 is 2.71 bits per heavy atom. The molecule has 4 fully saturated rings. The molecule has 0 aromatic heterocycles. The number of benzene rings is 1. The number of carbonyl (C=O) groups excluding carboxylic acids is 1. The number of aliphatic hydroxyl groups excluding tert-OH is 2. The normalized spacial score (nSPS) is 37.8. The summed E-state index contributed by atoms with van der Waals surface area (Å²) in [7, 11) is 0. The van der Waals surface area contributed by atoms with Gasteiger partial charge in [0.25, 0.3) is 0 Å². The molecule has 8 atom stereocenters. The van der Waals surface area contributed by atoms with Crippen molar-refractivity contribution in [3.8, 4) is 0 Å². The summed E-state index contributed by atoms with van der Waals surface area (Å²) in [6, 6.07) is 7.56. The van der Waals surface area contributed by atoms with Gasteiger partial charge in [0, 0.05) is 15.5 Å². The predicted molar refractivity (Wildman–Crippen MR) is 127 cm³/mol. The number of nitrogens with zero attached hydrogens (tertiary/aromatic N) is 1. The number of rotatable bonds is 6. The highest BCUT2D eigenvalue weighted by atomic mass is 127. The fraction of sp³-hybridized carbons (Fsp3) is 0.708. The first-order valence-electron chi connectivity index (χ1n) is 11.4. The van der Waals surface area contributed by atoms with Crippen LogP contribution in [-0.2, 0) is 16.2 Å². The molecular formula is C24H35IN2O4. The molecule has 2 bridgehead atoms. The molecule has 2 unspecified atom stereocenters.